The number of carbonyl (C=O) groups is 1. The summed E-state index contributed by atoms with van der Waals surface area (Å²) in [6, 6.07) is 7.46. The van der Waals surface area contributed by atoms with Crippen LogP contribution in [0.1, 0.15) is 33.6 Å². The minimum absolute atomic E-state index is 0.0218. The number of pyridine rings is 1. The maximum absolute atomic E-state index is 12.0. The number of aromatic nitrogens is 3. The highest BCUT2D eigenvalue weighted by molar-refractivity contribution is 7.99. The Labute approximate surface area is 165 Å². The van der Waals surface area contributed by atoms with Gasteiger partial charge in [0, 0.05) is 31.0 Å². The molecular weight excluding hydrogens is 362 g/mol. The molecule has 1 aliphatic heterocycles. The molecule has 2 aromatic rings. The number of esters is 1. The molecule has 0 amide bonds. The van der Waals surface area contributed by atoms with Gasteiger partial charge in [-0.2, -0.15) is 0 Å². The SMILES string of the molecule is CC.CC1(COC(=O)CSc2nccc(-c3ccccn3)n2)CCOCC1. The summed E-state index contributed by atoms with van der Waals surface area (Å²) in [4.78, 5) is 24.9. The van der Waals surface area contributed by atoms with Crippen LogP contribution < -0.4 is 0 Å². The number of hydrogen-bond donors (Lipinski definition) is 0. The molecular formula is C20H27N3O3S. The topological polar surface area (TPSA) is 74.2 Å². The zero-order valence-electron chi connectivity index (χ0n) is 16.2. The lowest BCUT2D eigenvalue weighted by atomic mass is 9.83. The van der Waals surface area contributed by atoms with Gasteiger partial charge in [0.05, 0.1) is 23.7 Å². The van der Waals surface area contributed by atoms with Crippen molar-refractivity contribution in [2.24, 2.45) is 5.41 Å². The first-order valence-corrected chi connectivity index (χ1v) is 10.2. The molecule has 0 aromatic carbocycles. The smallest absolute Gasteiger partial charge is 0.316 e. The summed E-state index contributed by atoms with van der Waals surface area (Å²) in [5.41, 5.74) is 1.54. The highest BCUT2D eigenvalue weighted by Crippen LogP contribution is 2.30. The van der Waals surface area contributed by atoms with Crippen molar-refractivity contribution in [1.29, 1.82) is 0 Å². The lowest BCUT2D eigenvalue weighted by Gasteiger charge is -2.32. The van der Waals surface area contributed by atoms with E-state index in [9.17, 15) is 4.79 Å². The van der Waals surface area contributed by atoms with Crippen LogP contribution in [0.4, 0.5) is 0 Å². The summed E-state index contributed by atoms with van der Waals surface area (Å²) in [5.74, 6) is -0.0531. The van der Waals surface area contributed by atoms with E-state index in [1.165, 1.54) is 11.8 Å². The fraction of sp³-hybridized carbons (Fsp3) is 0.500. The van der Waals surface area contributed by atoms with E-state index in [2.05, 4.69) is 21.9 Å². The summed E-state index contributed by atoms with van der Waals surface area (Å²) in [5, 5.41) is 0.539. The van der Waals surface area contributed by atoms with Crippen molar-refractivity contribution in [2.75, 3.05) is 25.6 Å². The molecule has 1 aliphatic rings. The van der Waals surface area contributed by atoms with Crippen LogP contribution >= 0.6 is 11.8 Å². The van der Waals surface area contributed by atoms with Crippen molar-refractivity contribution in [1.82, 2.24) is 15.0 Å². The Morgan fingerprint density at radius 1 is 1.15 bits per heavy atom. The molecule has 0 N–H and O–H groups in total. The van der Waals surface area contributed by atoms with Gasteiger partial charge in [0.2, 0.25) is 0 Å². The highest BCUT2D eigenvalue weighted by Gasteiger charge is 2.29. The number of nitrogens with zero attached hydrogens (tertiary/aromatic N) is 3. The second-order valence-electron chi connectivity index (χ2n) is 6.31. The third-order valence-electron chi connectivity index (χ3n) is 4.16. The summed E-state index contributed by atoms with van der Waals surface area (Å²) < 4.78 is 10.8. The molecule has 0 bridgehead atoms. The van der Waals surface area contributed by atoms with E-state index in [1.54, 1.807) is 18.5 Å². The van der Waals surface area contributed by atoms with Crippen LogP contribution in [-0.4, -0.2) is 46.5 Å². The molecule has 0 saturated carbocycles. The predicted molar refractivity (Wildman–Crippen MR) is 106 cm³/mol. The minimum atomic E-state index is -0.246. The Kier molecular flexibility index (Phi) is 8.67. The van der Waals surface area contributed by atoms with E-state index < -0.39 is 0 Å². The van der Waals surface area contributed by atoms with Gasteiger partial charge in [-0.05, 0) is 31.0 Å². The molecule has 1 fully saturated rings. The number of hydrogen-bond acceptors (Lipinski definition) is 7. The predicted octanol–water partition coefficient (Wildman–Crippen LogP) is 4.02. The summed E-state index contributed by atoms with van der Waals surface area (Å²) >= 11 is 1.27. The van der Waals surface area contributed by atoms with Crippen molar-refractivity contribution in [2.45, 2.75) is 38.8 Å². The normalized spacial score (nSPS) is 15.4. The van der Waals surface area contributed by atoms with Crippen LogP contribution in [0.3, 0.4) is 0 Å². The van der Waals surface area contributed by atoms with E-state index in [0.717, 1.165) is 37.4 Å². The highest BCUT2D eigenvalue weighted by atomic mass is 32.2. The number of thioether (sulfide) groups is 1. The number of ether oxygens (including phenoxy) is 2. The third kappa shape index (κ3) is 6.92. The van der Waals surface area contributed by atoms with Gasteiger partial charge in [0.1, 0.15) is 0 Å². The van der Waals surface area contributed by atoms with Crippen LogP contribution in [0.15, 0.2) is 41.8 Å². The van der Waals surface area contributed by atoms with E-state index in [1.807, 2.05) is 32.0 Å². The Hall–Kier alpha value is -1.99. The standard InChI is InChI=1S/C18H21N3O3S.C2H6/c1-18(6-10-23-11-7-18)13-24-16(22)12-25-17-20-9-5-15(21-17)14-4-2-3-8-19-14;1-2/h2-5,8-9H,6-7,10-13H2,1H3;1-2H3. The van der Waals surface area contributed by atoms with Gasteiger partial charge in [-0.1, -0.05) is 38.6 Å². The van der Waals surface area contributed by atoms with Crippen LogP contribution in [0.5, 0.6) is 0 Å². The summed E-state index contributed by atoms with van der Waals surface area (Å²) in [7, 11) is 0. The first kappa shape index (κ1) is 21.3. The van der Waals surface area contributed by atoms with E-state index in [-0.39, 0.29) is 17.1 Å². The van der Waals surface area contributed by atoms with Gasteiger partial charge in [-0.15, -0.1) is 0 Å². The molecule has 0 spiro atoms. The van der Waals surface area contributed by atoms with Gasteiger partial charge >= 0.3 is 5.97 Å². The maximum Gasteiger partial charge on any atom is 0.316 e. The molecule has 2 aromatic heterocycles. The van der Waals surface area contributed by atoms with Gasteiger partial charge in [0.25, 0.3) is 0 Å². The lowest BCUT2D eigenvalue weighted by Crippen LogP contribution is -2.32. The van der Waals surface area contributed by atoms with Gasteiger partial charge in [0.15, 0.2) is 5.16 Å². The molecule has 7 heteroatoms. The van der Waals surface area contributed by atoms with Crippen LogP contribution in [0.2, 0.25) is 0 Å². The van der Waals surface area contributed by atoms with E-state index >= 15 is 0 Å². The Balaban J connectivity index is 0.00000126. The molecule has 27 heavy (non-hydrogen) atoms. The summed E-state index contributed by atoms with van der Waals surface area (Å²) in [6.07, 6.45) is 5.23. The number of carbonyl (C=O) groups excluding carboxylic acids is 1. The summed E-state index contributed by atoms with van der Waals surface area (Å²) in [6.45, 7) is 8.04. The molecule has 3 heterocycles. The van der Waals surface area contributed by atoms with Crippen molar-refractivity contribution >= 4 is 17.7 Å². The lowest BCUT2D eigenvalue weighted by molar-refractivity contribution is -0.145. The van der Waals surface area contributed by atoms with E-state index in [4.69, 9.17) is 9.47 Å². The zero-order chi connectivity index (χ0) is 19.5. The fourth-order valence-electron chi connectivity index (χ4n) is 2.50. The zero-order valence-corrected chi connectivity index (χ0v) is 17.0. The van der Waals surface area contributed by atoms with Crippen molar-refractivity contribution < 1.29 is 14.3 Å². The Morgan fingerprint density at radius 3 is 2.63 bits per heavy atom. The quantitative estimate of drug-likeness (QED) is 0.420. The maximum atomic E-state index is 12.0. The molecule has 0 radical (unpaired) electrons. The van der Waals surface area contributed by atoms with Crippen molar-refractivity contribution in [3.8, 4) is 11.4 Å². The van der Waals surface area contributed by atoms with Gasteiger partial charge < -0.3 is 9.47 Å². The van der Waals surface area contributed by atoms with E-state index in [0.29, 0.717) is 11.8 Å². The number of rotatable bonds is 6. The first-order valence-electron chi connectivity index (χ1n) is 9.25. The molecule has 0 atom stereocenters. The van der Waals surface area contributed by atoms with Crippen molar-refractivity contribution in [3.05, 3.63) is 36.7 Å². The molecule has 0 aliphatic carbocycles. The first-order chi connectivity index (χ1) is 13.1. The fourth-order valence-corrected chi connectivity index (χ4v) is 3.12. The van der Waals surface area contributed by atoms with Gasteiger partial charge in [-0.25, -0.2) is 9.97 Å². The second kappa shape index (κ2) is 11.0. The van der Waals surface area contributed by atoms with Gasteiger partial charge in [-0.3, -0.25) is 9.78 Å². The molecule has 146 valence electrons. The molecule has 6 nitrogen and oxygen atoms in total. The van der Waals surface area contributed by atoms with Crippen LogP contribution in [-0.2, 0) is 14.3 Å². The monoisotopic (exact) mass is 389 g/mol. The average molecular weight is 390 g/mol. The van der Waals surface area contributed by atoms with Crippen molar-refractivity contribution in [3.63, 3.8) is 0 Å². The Bertz CT molecular complexity index is 707. The second-order valence-corrected chi connectivity index (χ2v) is 7.25. The van der Waals surface area contributed by atoms with Crippen LogP contribution in [0, 0.1) is 5.41 Å². The molecule has 1 saturated heterocycles. The molecule has 3 rings (SSSR count). The third-order valence-corrected chi connectivity index (χ3v) is 5.00. The average Bonchev–Trinajstić information content (AvgIpc) is 2.74. The Morgan fingerprint density at radius 2 is 1.93 bits per heavy atom. The minimum Gasteiger partial charge on any atom is -0.464 e. The largest absolute Gasteiger partial charge is 0.464 e. The van der Waals surface area contributed by atoms with Crippen LogP contribution in [0.25, 0.3) is 11.4 Å². The molecule has 0 unspecified atom stereocenters.